The molecule has 81 heavy (non-hydrogen) atoms. The Labute approximate surface area is 499 Å². The maximum atomic E-state index is 12.9. The molecule has 0 amide bonds. The van der Waals surface area contributed by atoms with Gasteiger partial charge in [0, 0.05) is 19.3 Å². The van der Waals surface area contributed by atoms with Crippen LogP contribution in [0.4, 0.5) is 0 Å². The van der Waals surface area contributed by atoms with Crippen molar-refractivity contribution in [3.63, 3.8) is 0 Å². The highest BCUT2D eigenvalue weighted by atomic mass is 16.6. The molecule has 0 aliphatic carbocycles. The predicted octanol–water partition coefficient (Wildman–Crippen LogP) is 23.1. The summed E-state index contributed by atoms with van der Waals surface area (Å²) < 4.78 is 16.8. The molecule has 1 unspecified atom stereocenters. The second-order valence-electron chi connectivity index (χ2n) is 21.6. The van der Waals surface area contributed by atoms with Crippen molar-refractivity contribution in [2.24, 2.45) is 0 Å². The molecule has 0 heterocycles. The van der Waals surface area contributed by atoms with Crippen molar-refractivity contribution >= 4 is 17.9 Å². The molecule has 0 rings (SSSR count). The third kappa shape index (κ3) is 66.0. The summed E-state index contributed by atoms with van der Waals surface area (Å²) in [5.41, 5.74) is 0. The molecule has 0 fully saturated rings. The second kappa shape index (κ2) is 67.8. The van der Waals surface area contributed by atoms with E-state index in [-0.39, 0.29) is 44.0 Å². The van der Waals surface area contributed by atoms with Crippen molar-refractivity contribution in [1.29, 1.82) is 0 Å². The van der Waals surface area contributed by atoms with Crippen LogP contribution < -0.4 is 0 Å². The number of esters is 3. The van der Waals surface area contributed by atoms with Crippen LogP contribution >= 0.6 is 0 Å². The Morgan fingerprint density at radius 3 is 0.765 bits per heavy atom. The van der Waals surface area contributed by atoms with E-state index in [1.807, 2.05) is 6.08 Å². The van der Waals surface area contributed by atoms with E-state index in [0.29, 0.717) is 12.8 Å². The second-order valence-corrected chi connectivity index (χ2v) is 21.6. The smallest absolute Gasteiger partial charge is 0.306 e. The molecule has 6 nitrogen and oxygen atoms in total. The maximum absolute atomic E-state index is 12.9. The van der Waals surface area contributed by atoms with E-state index < -0.39 is 6.10 Å². The number of ether oxygens (including phenoxy) is 3. The molecular weight excluding hydrogens is 997 g/mol. The fourth-order valence-electron chi connectivity index (χ4n) is 8.97. The third-order valence-corrected chi connectivity index (χ3v) is 13.8. The molecule has 0 saturated carbocycles. The van der Waals surface area contributed by atoms with Crippen LogP contribution in [0.3, 0.4) is 0 Å². The highest BCUT2D eigenvalue weighted by molar-refractivity contribution is 5.71. The number of rotatable bonds is 59. The van der Waals surface area contributed by atoms with Crippen LogP contribution in [0, 0.1) is 0 Å². The Balaban J connectivity index is 4.23. The molecule has 0 saturated heterocycles. The molecule has 0 spiro atoms. The van der Waals surface area contributed by atoms with Crippen molar-refractivity contribution in [3.8, 4) is 0 Å². The fraction of sp³-hybridized carbons (Fsp3) is 0.640. The summed E-state index contributed by atoms with van der Waals surface area (Å²) >= 11 is 0. The Morgan fingerprint density at radius 1 is 0.247 bits per heavy atom. The van der Waals surface area contributed by atoms with Crippen LogP contribution in [0.5, 0.6) is 0 Å². The minimum atomic E-state index is -0.824. The van der Waals surface area contributed by atoms with Crippen LogP contribution in [0.1, 0.15) is 290 Å². The van der Waals surface area contributed by atoms with E-state index in [2.05, 4.69) is 161 Å². The third-order valence-electron chi connectivity index (χ3n) is 13.8. The SMILES string of the molecule is CC/C=C\C/C=C\C/C=C\C/C=C\CCCCCCCCCCCCCCCCCCCCCCC(=O)OCC(COC(=O)CC/C=C\C/C=C\C/C=C\C/C=C\CC)OC(=O)CCCCCC/C=C\C/C=C\C/C=C\C/C=C\CC. The number of unbranched alkanes of at least 4 members (excludes halogenated alkanes) is 24. The predicted molar refractivity (Wildman–Crippen MR) is 352 cm³/mol. The minimum absolute atomic E-state index is 0.112. The quantitative estimate of drug-likeness (QED) is 0.0261. The number of hydrogen-bond donors (Lipinski definition) is 0. The van der Waals surface area contributed by atoms with Gasteiger partial charge in [-0.1, -0.05) is 295 Å². The summed E-state index contributed by atoms with van der Waals surface area (Å²) in [5.74, 6) is -1.02. The topological polar surface area (TPSA) is 78.9 Å². The first-order chi connectivity index (χ1) is 40.0. The van der Waals surface area contributed by atoms with Crippen molar-refractivity contribution < 1.29 is 28.6 Å². The molecule has 0 aromatic rings. The van der Waals surface area contributed by atoms with E-state index >= 15 is 0 Å². The van der Waals surface area contributed by atoms with Crippen molar-refractivity contribution in [3.05, 3.63) is 146 Å². The van der Waals surface area contributed by atoms with E-state index in [1.54, 1.807) is 0 Å². The van der Waals surface area contributed by atoms with E-state index in [9.17, 15) is 14.4 Å². The molecule has 0 aliphatic heterocycles. The molecule has 1 atom stereocenters. The summed E-state index contributed by atoms with van der Waals surface area (Å²) in [5, 5.41) is 0. The lowest BCUT2D eigenvalue weighted by atomic mass is 10.0. The average Bonchev–Trinajstić information content (AvgIpc) is 3.46. The normalized spacial score (nSPS) is 13.1. The maximum Gasteiger partial charge on any atom is 0.306 e. The average molecular weight is 1120 g/mol. The largest absolute Gasteiger partial charge is 0.462 e. The van der Waals surface area contributed by atoms with Gasteiger partial charge < -0.3 is 14.2 Å². The summed E-state index contributed by atoms with van der Waals surface area (Å²) in [6.45, 7) is 6.22. The minimum Gasteiger partial charge on any atom is -0.462 e. The van der Waals surface area contributed by atoms with Crippen LogP contribution in [0.2, 0.25) is 0 Å². The van der Waals surface area contributed by atoms with Gasteiger partial charge in [0.15, 0.2) is 6.10 Å². The van der Waals surface area contributed by atoms with Gasteiger partial charge in [-0.25, -0.2) is 0 Å². The van der Waals surface area contributed by atoms with Gasteiger partial charge >= 0.3 is 17.9 Å². The highest BCUT2D eigenvalue weighted by Crippen LogP contribution is 2.17. The molecule has 6 heteroatoms. The fourth-order valence-corrected chi connectivity index (χ4v) is 8.97. The Kier molecular flexibility index (Phi) is 63.9. The first-order valence-corrected chi connectivity index (χ1v) is 33.3. The van der Waals surface area contributed by atoms with Crippen LogP contribution in [-0.4, -0.2) is 37.2 Å². The zero-order valence-electron chi connectivity index (χ0n) is 52.5. The zero-order chi connectivity index (χ0) is 58.5. The number of carbonyl (C=O) groups excluding carboxylic acids is 3. The first kappa shape index (κ1) is 76.3. The molecule has 0 bridgehead atoms. The van der Waals surface area contributed by atoms with Gasteiger partial charge in [-0.2, -0.15) is 0 Å². The van der Waals surface area contributed by atoms with Gasteiger partial charge in [-0.15, -0.1) is 0 Å². The molecule has 0 radical (unpaired) electrons. The standard InChI is InChI=1S/C75H122O6/c1-4-7-10-13-16-19-22-25-27-29-30-31-32-33-34-35-36-37-38-39-40-41-42-43-44-46-47-50-53-56-59-62-65-68-74(77)80-71-72(70-79-73(76)67-64-61-58-55-52-49-24-21-18-15-12-9-6-3)81-75(78)69-66-63-60-57-54-51-48-45-28-26-23-20-17-14-11-8-5-2/h7-12,16-21,25-28,30-31,48-49,51-52,58,61,72H,4-6,13-15,22-24,29,32-47,50,53-57,59-60,62-71H2,1-3H3/b10-7-,11-8-,12-9-,19-16-,20-17-,21-18-,27-25-,28-26-,31-30-,51-48-,52-49-,61-58-. The number of hydrogen-bond acceptors (Lipinski definition) is 6. The molecule has 0 aromatic heterocycles. The van der Waals surface area contributed by atoms with Crippen molar-refractivity contribution in [2.75, 3.05) is 13.2 Å². The highest BCUT2D eigenvalue weighted by Gasteiger charge is 2.19. The lowest BCUT2D eigenvalue weighted by molar-refractivity contribution is -0.166. The molecule has 0 N–H and O–H groups in total. The summed E-state index contributed by atoms with van der Waals surface area (Å²) in [6, 6.07) is 0. The van der Waals surface area contributed by atoms with Crippen LogP contribution in [-0.2, 0) is 28.6 Å². The van der Waals surface area contributed by atoms with Crippen LogP contribution in [0.15, 0.2) is 146 Å². The van der Waals surface area contributed by atoms with Gasteiger partial charge in [0.1, 0.15) is 13.2 Å². The van der Waals surface area contributed by atoms with E-state index in [4.69, 9.17) is 14.2 Å². The van der Waals surface area contributed by atoms with Gasteiger partial charge in [0.05, 0.1) is 0 Å². The Hall–Kier alpha value is -4.71. The summed E-state index contributed by atoms with van der Waals surface area (Å²) in [7, 11) is 0. The Bertz CT molecular complexity index is 1760. The number of carbonyl (C=O) groups is 3. The summed E-state index contributed by atoms with van der Waals surface area (Å²) in [6.07, 6.45) is 97.6. The molecular formula is C75H122O6. The van der Waals surface area contributed by atoms with Gasteiger partial charge in [-0.05, 0) is 122 Å². The van der Waals surface area contributed by atoms with E-state index in [0.717, 1.165) is 128 Å². The lowest BCUT2D eigenvalue weighted by Crippen LogP contribution is -2.30. The molecule has 0 aliphatic rings. The van der Waals surface area contributed by atoms with Crippen molar-refractivity contribution in [1.82, 2.24) is 0 Å². The number of allylic oxidation sites excluding steroid dienone is 24. The lowest BCUT2D eigenvalue weighted by Gasteiger charge is -2.18. The van der Waals surface area contributed by atoms with E-state index in [1.165, 1.54) is 116 Å². The first-order valence-electron chi connectivity index (χ1n) is 33.3. The van der Waals surface area contributed by atoms with Crippen molar-refractivity contribution in [2.45, 2.75) is 297 Å². The van der Waals surface area contributed by atoms with Gasteiger partial charge in [-0.3, -0.25) is 14.4 Å². The van der Waals surface area contributed by atoms with Crippen LogP contribution in [0.25, 0.3) is 0 Å². The Morgan fingerprint density at radius 2 is 0.469 bits per heavy atom. The zero-order valence-corrected chi connectivity index (χ0v) is 52.5. The molecule has 0 aromatic carbocycles. The summed E-state index contributed by atoms with van der Waals surface area (Å²) in [4.78, 5) is 38.2. The monoisotopic (exact) mass is 1120 g/mol. The van der Waals surface area contributed by atoms with Gasteiger partial charge in [0.25, 0.3) is 0 Å². The molecule has 458 valence electrons. The van der Waals surface area contributed by atoms with Gasteiger partial charge in [0.2, 0.25) is 0 Å².